The first kappa shape index (κ1) is 22.7. The fraction of sp³-hybridized carbons (Fsp3) is 0.524. The molecule has 0 aliphatic carbocycles. The summed E-state index contributed by atoms with van der Waals surface area (Å²) in [5, 5.41) is 23.1. The van der Waals surface area contributed by atoms with Crippen LogP contribution in [0.15, 0.2) is 29.5 Å². The number of carbonyl (C=O) groups is 1. The van der Waals surface area contributed by atoms with Crippen molar-refractivity contribution in [3.05, 3.63) is 46.4 Å². The Kier molecular flexibility index (Phi) is 6.31. The first-order valence-electron chi connectivity index (χ1n) is 9.40. The van der Waals surface area contributed by atoms with Crippen molar-refractivity contribution in [2.75, 3.05) is 0 Å². The highest BCUT2D eigenvalue weighted by atomic mass is 19.4. The molecule has 1 heterocycles. The van der Waals surface area contributed by atoms with Crippen LogP contribution in [0.5, 0.6) is 0 Å². The van der Waals surface area contributed by atoms with Crippen LogP contribution in [0.1, 0.15) is 57.6 Å². The molecule has 0 saturated heterocycles. The average Bonchev–Trinajstić information content (AvgIpc) is 2.60. The predicted molar refractivity (Wildman–Crippen MR) is 99.2 cm³/mol. The van der Waals surface area contributed by atoms with Crippen LogP contribution in [-0.2, 0) is 11.0 Å². The van der Waals surface area contributed by atoms with E-state index in [0.717, 1.165) is 12.1 Å². The van der Waals surface area contributed by atoms with Gasteiger partial charge in [0, 0.05) is 17.7 Å². The average molecular weight is 412 g/mol. The maximum Gasteiger partial charge on any atom is 0.416 e. The summed E-state index contributed by atoms with van der Waals surface area (Å²) in [4.78, 5) is 12.7. The van der Waals surface area contributed by atoms with Crippen molar-refractivity contribution in [3.8, 4) is 6.07 Å². The van der Waals surface area contributed by atoms with E-state index in [1.165, 1.54) is 0 Å². The van der Waals surface area contributed by atoms with E-state index in [2.05, 4.69) is 5.32 Å². The Balaban J connectivity index is 2.99. The number of carboxylic acid groups (broad SMARTS) is 1. The number of hydrogen-bond donors (Lipinski definition) is 2. The number of hydrogen-bond acceptors (Lipinski definition) is 3. The van der Waals surface area contributed by atoms with E-state index in [1.54, 1.807) is 20.8 Å². The van der Waals surface area contributed by atoms with Crippen molar-refractivity contribution >= 4 is 5.97 Å². The van der Waals surface area contributed by atoms with Crippen molar-refractivity contribution in [3.63, 3.8) is 0 Å². The van der Waals surface area contributed by atoms with Gasteiger partial charge in [-0.05, 0) is 37.0 Å². The van der Waals surface area contributed by atoms with Crippen molar-refractivity contribution in [1.82, 2.24) is 5.32 Å². The molecular weight excluding hydrogens is 388 g/mol. The second kappa shape index (κ2) is 8.05. The van der Waals surface area contributed by atoms with Crippen molar-refractivity contribution < 1.29 is 27.5 Å². The molecule has 2 N–H and O–H groups in total. The van der Waals surface area contributed by atoms with Crippen molar-refractivity contribution in [2.24, 2.45) is 11.3 Å². The first-order chi connectivity index (χ1) is 13.4. The van der Waals surface area contributed by atoms with E-state index in [4.69, 9.17) is 0 Å². The Morgan fingerprint density at radius 1 is 1.38 bits per heavy atom. The van der Waals surface area contributed by atoms with E-state index in [-0.39, 0.29) is 5.57 Å². The summed E-state index contributed by atoms with van der Waals surface area (Å²) >= 11 is 0. The zero-order valence-electron chi connectivity index (χ0n) is 16.7. The second-order valence-electron chi connectivity index (χ2n) is 7.69. The number of nitriles is 1. The van der Waals surface area contributed by atoms with Crippen LogP contribution in [-0.4, -0.2) is 17.1 Å². The summed E-state index contributed by atoms with van der Waals surface area (Å²) in [5.41, 5.74) is -3.12. The summed E-state index contributed by atoms with van der Waals surface area (Å²) in [5.74, 6) is -4.36. The Bertz CT molecular complexity index is 870. The van der Waals surface area contributed by atoms with Gasteiger partial charge in [-0.3, -0.25) is 4.79 Å². The standard InChI is InChI=1S/C21H24F4N2O2/c1-5-6-17-20(11(2)3,19(28)29)18(15(10-26)12(4)27-17)14-8-7-13(22)9-16(14)21(23,24)25/h7-9,11,17-18,27H,5-6H2,1-4H3,(H,28,29). The molecule has 0 radical (unpaired) electrons. The van der Waals surface area contributed by atoms with Crippen LogP contribution < -0.4 is 5.32 Å². The lowest BCUT2D eigenvalue weighted by molar-refractivity contribution is -0.157. The summed E-state index contributed by atoms with van der Waals surface area (Å²) in [6.45, 7) is 6.65. The largest absolute Gasteiger partial charge is 0.481 e. The maximum absolute atomic E-state index is 13.8. The zero-order valence-corrected chi connectivity index (χ0v) is 16.7. The number of carboxylic acids is 1. The molecule has 3 atom stereocenters. The number of benzene rings is 1. The minimum absolute atomic E-state index is 0.0782. The SMILES string of the molecule is CCCC1NC(C)=C(C#N)C(c2ccc(F)cc2C(F)(F)F)C1(C(=O)O)C(C)C. The molecule has 4 nitrogen and oxygen atoms in total. The van der Waals surface area contributed by atoms with Crippen molar-refractivity contribution in [2.45, 2.75) is 58.7 Å². The molecule has 158 valence electrons. The van der Waals surface area contributed by atoms with Gasteiger partial charge < -0.3 is 10.4 Å². The smallest absolute Gasteiger partial charge is 0.416 e. The van der Waals surface area contributed by atoms with Gasteiger partial charge in [-0.1, -0.05) is 33.3 Å². The summed E-state index contributed by atoms with van der Waals surface area (Å²) in [6, 6.07) is 3.42. The van der Waals surface area contributed by atoms with E-state index in [9.17, 15) is 32.7 Å². The zero-order chi connectivity index (χ0) is 22.1. The van der Waals surface area contributed by atoms with E-state index in [0.29, 0.717) is 24.6 Å². The summed E-state index contributed by atoms with van der Waals surface area (Å²) in [6.07, 6.45) is -3.92. The topological polar surface area (TPSA) is 73.1 Å². The van der Waals surface area contributed by atoms with E-state index >= 15 is 0 Å². The highest BCUT2D eigenvalue weighted by Crippen LogP contribution is 2.55. The Labute approximate surface area is 167 Å². The van der Waals surface area contributed by atoms with E-state index < -0.39 is 52.4 Å². The van der Waals surface area contributed by atoms with Gasteiger partial charge in [0.05, 0.1) is 17.2 Å². The van der Waals surface area contributed by atoms with Gasteiger partial charge in [0.15, 0.2) is 0 Å². The molecule has 0 aromatic heterocycles. The molecule has 29 heavy (non-hydrogen) atoms. The molecular formula is C21H24F4N2O2. The van der Waals surface area contributed by atoms with Gasteiger partial charge in [0.25, 0.3) is 0 Å². The molecule has 0 amide bonds. The quantitative estimate of drug-likeness (QED) is 0.650. The minimum Gasteiger partial charge on any atom is -0.481 e. The molecule has 0 bridgehead atoms. The number of aliphatic carboxylic acids is 1. The lowest BCUT2D eigenvalue weighted by Crippen LogP contribution is -2.59. The molecule has 8 heteroatoms. The van der Waals surface area contributed by atoms with Crippen molar-refractivity contribution in [1.29, 1.82) is 5.26 Å². The number of halogens is 4. The van der Waals surface area contributed by atoms with Crippen LogP contribution in [0.3, 0.4) is 0 Å². The lowest BCUT2D eigenvalue weighted by atomic mass is 9.56. The predicted octanol–water partition coefficient (Wildman–Crippen LogP) is 5.22. The maximum atomic E-state index is 13.8. The molecule has 1 aliphatic rings. The van der Waals surface area contributed by atoms with Gasteiger partial charge in [-0.15, -0.1) is 0 Å². The minimum atomic E-state index is -4.90. The molecule has 1 aliphatic heterocycles. The lowest BCUT2D eigenvalue weighted by Gasteiger charge is -2.50. The van der Waals surface area contributed by atoms with Gasteiger partial charge >= 0.3 is 12.1 Å². The normalized spacial score (nSPS) is 25.0. The molecule has 2 rings (SSSR count). The van der Waals surface area contributed by atoms with Crippen LogP contribution >= 0.6 is 0 Å². The van der Waals surface area contributed by atoms with Crippen LogP contribution in [0.25, 0.3) is 0 Å². The molecule has 3 unspecified atom stereocenters. The molecule has 0 saturated carbocycles. The number of nitrogens with one attached hydrogen (secondary N) is 1. The number of alkyl halides is 3. The van der Waals surface area contributed by atoms with Crippen LogP contribution in [0.4, 0.5) is 17.6 Å². The number of nitrogens with zero attached hydrogens (tertiary/aromatic N) is 1. The van der Waals surface area contributed by atoms with Crippen LogP contribution in [0.2, 0.25) is 0 Å². The Hall–Kier alpha value is -2.56. The monoisotopic (exact) mass is 412 g/mol. The highest BCUT2D eigenvalue weighted by molar-refractivity contribution is 5.80. The summed E-state index contributed by atoms with van der Waals surface area (Å²) < 4.78 is 55.0. The first-order valence-corrected chi connectivity index (χ1v) is 9.40. The third-order valence-electron chi connectivity index (χ3n) is 5.79. The van der Waals surface area contributed by atoms with Crippen LogP contribution in [0, 0.1) is 28.5 Å². The van der Waals surface area contributed by atoms with Gasteiger partial charge in [0.2, 0.25) is 0 Å². The van der Waals surface area contributed by atoms with Gasteiger partial charge in [-0.25, -0.2) is 4.39 Å². The summed E-state index contributed by atoms with van der Waals surface area (Å²) in [7, 11) is 0. The molecule has 0 fully saturated rings. The van der Waals surface area contributed by atoms with Gasteiger partial charge in [-0.2, -0.15) is 18.4 Å². The number of allylic oxidation sites excluding steroid dienone is 2. The molecule has 0 spiro atoms. The van der Waals surface area contributed by atoms with Gasteiger partial charge in [0.1, 0.15) is 11.2 Å². The Morgan fingerprint density at radius 2 is 2.00 bits per heavy atom. The Morgan fingerprint density at radius 3 is 2.45 bits per heavy atom. The fourth-order valence-electron chi connectivity index (χ4n) is 4.56. The third-order valence-corrected chi connectivity index (χ3v) is 5.79. The third kappa shape index (κ3) is 3.70. The molecule has 1 aromatic carbocycles. The number of rotatable bonds is 5. The fourth-order valence-corrected chi connectivity index (χ4v) is 4.56. The second-order valence-corrected chi connectivity index (χ2v) is 7.69. The van der Waals surface area contributed by atoms with E-state index in [1.807, 2.05) is 13.0 Å². The highest BCUT2D eigenvalue weighted by Gasteiger charge is 2.59. The molecule has 1 aromatic rings.